The highest BCUT2D eigenvalue weighted by Gasteiger charge is 2.21. The second kappa shape index (κ2) is 5.82. The Morgan fingerprint density at radius 3 is 2.53 bits per heavy atom. The van der Waals surface area contributed by atoms with Crippen molar-refractivity contribution in [3.63, 3.8) is 0 Å². The number of amides is 1. The van der Waals surface area contributed by atoms with E-state index in [0.717, 1.165) is 16.2 Å². The molecule has 5 heteroatoms. The molecule has 0 aliphatic rings. The van der Waals surface area contributed by atoms with Gasteiger partial charge in [-0.15, -0.1) is 11.3 Å². The Balaban J connectivity index is 2.77. The van der Waals surface area contributed by atoms with E-state index in [0.29, 0.717) is 12.0 Å². The second-order valence-electron chi connectivity index (χ2n) is 3.98. The van der Waals surface area contributed by atoms with Gasteiger partial charge >= 0.3 is 5.97 Å². The maximum absolute atomic E-state index is 11.9. The summed E-state index contributed by atoms with van der Waals surface area (Å²) in [6.07, 6.45) is 1.17. The van der Waals surface area contributed by atoms with E-state index in [1.54, 1.807) is 6.07 Å². The second-order valence-corrected chi connectivity index (χ2v) is 5.44. The van der Waals surface area contributed by atoms with E-state index in [2.05, 4.69) is 5.32 Å². The fraction of sp³-hybridized carbons (Fsp3) is 0.500. The fourth-order valence-corrected chi connectivity index (χ4v) is 2.56. The van der Waals surface area contributed by atoms with Gasteiger partial charge in [0.1, 0.15) is 6.04 Å². The highest BCUT2D eigenvalue weighted by atomic mass is 32.1. The average molecular weight is 255 g/mol. The van der Waals surface area contributed by atoms with Crippen LogP contribution in [0, 0.1) is 13.8 Å². The molecule has 0 radical (unpaired) electrons. The van der Waals surface area contributed by atoms with Crippen LogP contribution in [0.1, 0.15) is 39.9 Å². The van der Waals surface area contributed by atoms with Crippen molar-refractivity contribution in [1.29, 1.82) is 0 Å². The van der Waals surface area contributed by atoms with Gasteiger partial charge in [0.15, 0.2) is 0 Å². The summed E-state index contributed by atoms with van der Waals surface area (Å²) in [6, 6.07) is 0.993. The SMILES string of the molecule is CCCC(NC(=O)c1cc(C)sc1C)C(=O)O. The summed E-state index contributed by atoms with van der Waals surface area (Å²) in [4.78, 5) is 24.8. The van der Waals surface area contributed by atoms with Crippen LogP contribution in [-0.4, -0.2) is 23.0 Å². The van der Waals surface area contributed by atoms with Crippen molar-refractivity contribution in [2.45, 2.75) is 39.7 Å². The van der Waals surface area contributed by atoms with Crippen LogP contribution >= 0.6 is 11.3 Å². The smallest absolute Gasteiger partial charge is 0.326 e. The molecule has 0 aromatic carbocycles. The number of carbonyl (C=O) groups excluding carboxylic acids is 1. The monoisotopic (exact) mass is 255 g/mol. The lowest BCUT2D eigenvalue weighted by molar-refractivity contribution is -0.139. The van der Waals surface area contributed by atoms with Gasteiger partial charge in [-0.25, -0.2) is 4.79 Å². The molecule has 94 valence electrons. The maximum Gasteiger partial charge on any atom is 0.326 e. The molecule has 0 aliphatic heterocycles. The summed E-state index contributed by atoms with van der Waals surface area (Å²) in [7, 11) is 0. The molecule has 1 amide bonds. The van der Waals surface area contributed by atoms with Gasteiger partial charge < -0.3 is 10.4 Å². The van der Waals surface area contributed by atoms with E-state index in [9.17, 15) is 9.59 Å². The molecule has 4 nitrogen and oxygen atoms in total. The van der Waals surface area contributed by atoms with Gasteiger partial charge in [0.25, 0.3) is 5.91 Å². The average Bonchev–Trinajstić information content (AvgIpc) is 2.57. The highest BCUT2D eigenvalue weighted by Crippen LogP contribution is 2.20. The van der Waals surface area contributed by atoms with Crippen molar-refractivity contribution in [3.05, 3.63) is 21.4 Å². The van der Waals surface area contributed by atoms with Crippen molar-refractivity contribution in [2.75, 3.05) is 0 Å². The molecule has 2 N–H and O–H groups in total. The van der Waals surface area contributed by atoms with E-state index < -0.39 is 12.0 Å². The van der Waals surface area contributed by atoms with E-state index in [1.165, 1.54) is 11.3 Å². The Labute approximate surface area is 105 Å². The summed E-state index contributed by atoms with van der Waals surface area (Å²) in [6.45, 7) is 5.68. The standard InChI is InChI=1S/C12H17NO3S/c1-4-5-10(12(15)16)13-11(14)9-6-7(2)17-8(9)3/h6,10H,4-5H2,1-3H3,(H,13,14)(H,15,16). The molecule has 1 atom stereocenters. The van der Waals surface area contributed by atoms with Crippen LogP contribution in [0.25, 0.3) is 0 Å². The zero-order chi connectivity index (χ0) is 13.0. The van der Waals surface area contributed by atoms with Crippen LogP contribution in [0.15, 0.2) is 6.07 Å². The maximum atomic E-state index is 11.9. The zero-order valence-corrected chi connectivity index (χ0v) is 11.1. The molecule has 0 spiro atoms. The normalized spacial score (nSPS) is 12.2. The Morgan fingerprint density at radius 1 is 1.47 bits per heavy atom. The third kappa shape index (κ3) is 3.56. The van der Waals surface area contributed by atoms with Gasteiger partial charge in [0.05, 0.1) is 5.56 Å². The lowest BCUT2D eigenvalue weighted by Crippen LogP contribution is -2.40. The first-order valence-electron chi connectivity index (χ1n) is 5.56. The van der Waals surface area contributed by atoms with Crippen LogP contribution in [0.5, 0.6) is 0 Å². The summed E-state index contributed by atoms with van der Waals surface area (Å²) >= 11 is 1.54. The van der Waals surface area contributed by atoms with Gasteiger partial charge in [0.2, 0.25) is 0 Å². The van der Waals surface area contributed by atoms with E-state index in [1.807, 2.05) is 20.8 Å². The molecule has 1 rings (SSSR count). The first-order valence-corrected chi connectivity index (χ1v) is 6.38. The molecule has 0 saturated heterocycles. The van der Waals surface area contributed by atoms with E-state index in [-0.39, 0.29) is 5.91 Å². The molecule has 0 saturated carbocycles. The van der Waals surface area contributed by atoms with Crippen LogP contribution in [-0.2, 0) is 4.79 Å². The van der Waals surface area contributed by atoms with E-state index in [4.69, 9.17) is 5.11 Å². The van der Waals surface area contributed by atoms with Gasteiger partial charge in [-0.3, -0.25) is 4.79 Å². The largest absolute Gasteiger partial charge is 0.480 e. The summed E-state index contributed by atoms with van der Waals surface area (Å²) in [5.74, 6) is -1.28. The Hall–Kier alpha value is -1.36. The van der Waals surface area contributed by atoms with Crippen molar-refractivity contribution in [3.8, 4) is 0 Å². The van der Waals surface area contributed by atoms with Crippen LogP contribution in [0.4, 0.5) is 0 Å². The summed E-state index contributed by atoms with van der Waals surface area (Å²) in [5.41, 5.74) is 0.579. The van der Waals surface area contributed by atoms with Crippen LogP contribution in [0.2, 0.25) is 0 Å². The number of carboxylic acid groups (broad SMARTS) is 1. The number of hydrogen-bond acceptors (Lipinski definition) is 3. The number of nitrogens with one attached hydrogen (secondary N) is 1. The molecular formula is C12H17NO3S. The minimum absolute atomic E-state index is 0.298. The van der Waals surface area contributed by atoms with Crippen molar-refractivity contribution < 1.29 is 14.7 Å². The Kier molecular flexibility index (Phi) is 4.69. The quantitative estimate of drug-likeness (QED) is 0.848. The topological polar surface area (TPSA) is 66.4 Å². The molecule has 1 aromatic heterocycles. The first-order chi connectivity index (χ1) is 7.95. The van der Waals surface area contributed by atoms with Crippen molar-refractivity contribution in [1.82, 2.24) is 5.32 Å². The number of carboxylic acids is 1. The number of rotatable bonds is 5. The first kappa shape index (κ1) is 13.7. The van der Waals surface area contributed by atoms with Gasteiger partial charge in [-0.2, -0.15) is 0 Å². The molecule has 0 aliphatic carbocycles. The summed E-state index contributed by atoms with van der Waals surface area (Å²) in [5, 5.41) is 11.5. The van der Waals surface area contributed by atoms with Gasteiger partial charge in [-0.05, 0) is 26.3 Å². The third-order valence-electron chi connectivity index (χ3n) is 2.47. The number of aryl methyl sites for hydroxylation is 2. The lowest BCUT2D eigenvalue weighted by atomic mass is 10.1. The Bertz CT molecular complexity index is 425. The zero-order valence-electron chi connectivity index (χ0n) is 10.2. The lowest BCUT2D eigenvalue weighted by Gasteiger charge is -2.13. The number of carbonyl (C=O) groups is 2. The third-order valence-corrected chi connectivity index (χ3v) is 3.43. The number of thiophene rings is 1. The predicted molar refractivity (Wildman–Crippen MR) is 67.6 cm³/mol. The molecule has 17 heavy (non-hydrogen) atoms. The molecule has 0 bridgehead atoms. The Morgan fingerprint density at radius 2 is 2.12 bits per heavy atom. The number of aliphatic carboxylic acids is 1. The fourth-order valence-electron chi connectivity index (χ4n) is 1.64. The van der Waals surface area contributed by atoms with Gasteiger partial charge in [-0.1, -0.05) is 13.3 Å². The number of hydrogen-bond donors (Lipinski definition) is 2. The highest BCUT2D eigenvalue weighted by molar-refractivity contribution is 7.12. The molecule has 0 fully saturated rings. The molecular weight excluding hydrogens is 238 g/mol. The van der Waals surface area contributed by atoms with E-state index >= 15 is 0 Å². The van der Waals surface area contributed by atoms with Crippen LogP contribution in [0.3, 0.4) is 0 Å². The van der Waals surface area contributed by atoms with Crippen molar-refractivity contribution in [2.24, 2.45) is 0 Å². The van der Waals surface area contributed by atoms with Crippen LogP contribution < -0.4 is 5.32 Å². The molecule has 1 aromatic rings. The van der Waals surface area contributed by atoms with Crippen molar-refractivity contribution >= 4 is 23.2 Å². The predicted octanol–water partition coefficient (Wildman–Crippen LogP) is 2.35. The minimum atomic E-state index is -0.982. The minimum Gasteiger partial charge on any atom is -0.480 e. The molecule has 1 unspecified atom stereocenters. The van der Waals surface area contributed by atoms with Gasteiger partial charge in [0, 0.05) is 9.75 Å². The summed E-state index contributed by atoms with van der Waals surface area (Å²) < 4.78 is 0. The molecule has 1 heterocycles.